The highest BCUT2D eigenvalue weighted by Crippen LogP contribution is 2.32. The quantitative estimate of drug-likeness (QED) is 0.881. The van der Waals surface area contributed by atoms with Gasteiger partial charge < -0.3 is 9.47 Å². The van der Waals surface area contributed by atoms with E-state index in [1.807, 2.05) is 0 Å². The van der Waals surface area contributed by atoms with Gasteiger partial charge in [0, 0.05) is 18.7 Å². The highest BCUT2D eigenvalue weighted by Gasteiger charge is 2.22. The Bertz CT molecular complexity index is 626. The molecule has 2 aliphatic heterocycles. The monoisotopic (exact) mass is 326 g/mol. The van der Waals surface area contributed by atoms with Crippen molar-refractivity contribution in [3.63, 3.8) is 0 Å². The van der Waals surface area contributed by atoms with Crippen molar-refractivity contribution in [2.45, 2.75) is 30.7 Å². The van der Waals surface area contributed by atoms with Crippen LogP contribution in [0.3, 0.4) is 0 Å². The Kier molecular flexibility index (Phi) is 4.56. The number of ether oxygens (including phenoxy) is 2. The minimum atomic E-state index is -3.53. The summed E-state index contributed by atoms with van der Waals surface area (Å²) < 4.78 is 38.4. The van der Waals surface area contributed by atoms with Crippen molar-refractivity contribution in [2.75, 3.05) is 32.8 Å². The van der Waals surface area contributed by atoms with Gasteiger partial charge in [-0.3, -0.25) is 4.90 Å². The van der Waals surface area contributed by atoms with Gasteiger partial charge in [-0.1, -0.05) is 0 Å². The average molecular weight is 326 g/mol. The molecule has 22 heavy (non-hydrogen) atoms. The summed E-state index contributed by atoms with van der Waals surface area (Å²) in [5, 5.41) is 0. The maximum absolute atomic E-state index is 12.4. The van der Waals surface area contributed by atoms with E-state index in [0.29, 0.717) is 31.3 Å². The lowest BCUT2D eigenvalue weighted by molar-refractivity contribution is 0.171. The van der Waals surface area contributed by atoms with Crippen LogP contribution in [0, 0.1) is 0 Å². The second-order valence-corrected chi connectivity index (χ2v) is 7.52. The molecule has 1 aromatic rings. The fourth-order valence-electron chi connectivity index (χ4n) is 2.82. The fraction of sp³-hybridized carbons (Fsp3) is 0.600. The molecule has 1 atom stereocenters. The molecule has 0 saturated carbocycles. The number of sulfonamides is 1. The lowest BCUT2D eigenvalue weighted by atomic mass is 10.3. The van der Waals surface area contributed by atoms with Crippen LogP contribution in [0.15, 0.2) is 23.1 Å². The Morgan fingerprint density at radius 2 is 1.86 bits per heavy atom. The van der Waals surface area contributed by atoms with Crippen molar-refractivity contribution in [1.82, 2.24) is 9.62 Å². The molecule has 1 aromatic carbocycles. The number of benzene rings is 1. The summed E-state index contributed by atoms with van der Waals surface area (Å²) in [4.78, 5) is 2.53. The molecular formula is C15H22N2O4S. The highest BCUT2D eigenvalue weighted by molar-refractivity contribution is 7.89. The topological polar surface area (TPSA) is 67.9 Å². The number of hydrogen-bond donors (Lipinski definition) is 1. The van der Waals surface area contributed by atoms with E-state index in [1.54, 1.807) is 12.1 Å². The summed E-state index contributed by atoms with van der Waals surface area (Å²) >= 11 is 0. The molecule has 122 valence electrons. The number of nitrogens with zero attached hydrogens (tertiary/aromatic N) is 1. The molecule has 0 aliphatic carbocycles. The van der Waals surface area contributed by atoms with Crippen LogP contribution < -0.4 is 14.2 Å². The van der Waals surface area contributed by atoms with Crippen molar-refractivity contribution in [1.29, 1.82) is 0 Å². The van der Waals surface area contributed by atoms with Crippen LogP contribution in [0.2, 0.25) is 0 Å². The standard InChI is InChI=1S/C15H22N2O4S/c1-12(17-6-2-3-7-17)11-16-22(18,19)13-4-5-14-15(10-13)21-9-8-20-14/h4-5,10,12,16H,2-3,6-9,11H2,1H3. The van der Waals surface area contributed by atoms with Gasteiger partial charge in [0.15, 0.2) is 11.5 Å². The van der Waals surface area contributed by atoms with E-state index in [2.05, 4.69) is 16.5 Å². The maximum Gasteiger partial charge on any atom is 0.240 e. The molecule has 1 fully saturated rings. The summed E-state index contributed by atoms with van der Waals surface area (Å²) in [7, 11) is -3.53. The summed E-state index contributed by atoms with van der Waals surface area (Å²) in [6.45, 7) is 5.49. The molecule has 0 spiro atoms. The molecule has 6 nitrogen and oxygen atoms in total. The molecule has 0 aromatic heterocycles. The number of likely N-dealkylation sites (tertiary alicyclic amines) is 1. The Balaban J connectivity index is 1.67. The van der Waals surface area contributed by atoms with Crippen LogP contribution in [-0.4, -0.2) is 52.2 Å². The lowest BCUT2D eigenvalue weighted by Gasteiger charge is -2.24. The minimum absolute atomic E-state index is 0.203. The van der Waals surface area contributed by atoms with Crippen molar-refractivity contribution in [2.24, 2.45) is 0 Å². The van der Waals surface area contributed by atoms with Gasteiger partial charge in [-0.05, 0) is 45.0 Å². The molecule has 7 heteroatoms. The van der Waals surface area contributed by atoms with Crippen molar-refractivity contribution in [3.05, 3.63) is 18.2 Å². The van der Waals surface area contributed by atoms with Crippen LogP contribution in [-0.2, 0) is 10.0 Å². The van der Waals surface area contributed by atoms with Gasteiger partial charge in [0.2, 0.25) is 10.0 Å². The van der Waals surface area contributed by atoms with Crippen LogP contribution in [0.4, 0.5) is 0 Å². The van der Waals surface area contributed by atoms with Crippen LogP contribution >= 0.6 is 0 Å². The average Bonchev–Trinajstić information content (AvgIpc) is 3.07. The molecule has 1 saturated heterocycles. The summed E-state index contributed by atoms with van der Waals surface area (Å²) in [5.74, 6) is 1.08. The molecule has 0 bridgehead atoms. The van der Waals surface area contributed by atoms with Crippen molar-refractivity contribution >= 4 is 10.0 Å². The largest absolute Gasteiger partial charge is 0.486 e. The number of nitrogens with one attached hydrogen (secondary N) is 1. The summed E-state index contributed by atoms with van der Waals surface area (Å²) in [5.41, 5.74) is 0. The predicted octanol–water partition coefficient (Wildman–Crippen LogP) is 1.22. The molecule has 3 rings (SSSR count). The van der Waals surface area contributed by atoms with Gasteiger partial charge >= 0.3 is 0 Å². The first-order chi connectivity index (χ1) is 10.6. The molecule has 2 heterocycles. The van der Waals surface area contributed by atoms with Gasteiger partial charge in [-0.15, -0.1) is 0 Å². The molecule has 1 unspecified atom stereocenters. The number of fused-ring (bicyclic) bond motifs is 1. The zero-order chi connectivity index (χ0) is 15.6. The van der Waals surface area contributed by atoms with E-state index >= 15 is 0 Å². The summed E-state index contributed by atoms with van der Waals surface area (Å²) in [6, 6.07) is 4.93. The Morgan fingerprint density at radius 1 is 1.18 bits per heavy atom. The number of hydrogen-bond acceptors (Lipinski definition) is 5. The van der Waals surface area contributed by atoms with Gasteiger partial charge in [-0.2, -0.15) is 0 Å². The van der Waals surface area contributed by atoms with Crippen molar-refractivity contribution in [3.8, 4) is 11.5 Å². The van der Waals surface area contributed by atoms with Gasteiger partial charge in [0.1, 0.15) is 13.2 Å². The third-order valence-electron chi connectivity index (χ3n) is 4.16. The second kappa shape index (κ2) is 6.44. The molecule has 0 amide bonds. The Hall–Kier alpha value is -1.31. The third kappa shape index (κ3) is 3.37. The van der Waals surface area contributed by atoms with Crippen LogP contribution in [0.25, 0.3) is 0 Å². The van der Waals surface area contributed by atoms with E-state index < -0.39 is 10.0 Å². The van der Waals surface area contributed by atoms with Gasteiger partial charge in [0.05, 0.1) is 4.90 Å². The molecule has 2 aliphatic rings. The van der Waals surface area contributed by atoms with Crippen LogP contribution in [0.5, 0.6) is 11.5 Å². The van der Waals surface area contributed by atoms with Gasteiger partial charge in [-0.25, -0.2) is 13.1 Å². The smallest absolute Gasteiger partial charge is 0.240 e. The van der Waals surface area contributed by atoms with E-state index in [9.17, 15) is 8.42 Å². The first kappa shape index (κ1) is 15.6. The second-order valence-electron chi connectivity index (χ2n) is 5.75. The van der Waals surface area contributed by atoms with E-state index in [0.717, 1.165) is 13.1 Å². The predicted molar refractivity (Wildman–Crippen MR) is 82.9 cm³/mol. The first-order valence-corrected chi connectivity index (χ1v) is 9.18. The molecule has 1 N–H and O–H groups in total. The zero-order valence-corrected chi connectivity index (χ0v) is 13.6. The lowest BCUT2D eigenvalue weighted by Crippen LogP contribution is -2.40. The Labute approximate surface area is 131 Å². The summed E-state index contributed by atoms with van der Waals surface area (Å²) in [6.07, 6.45) is 2.39. The normalized spacial score (nSPS) is 20.0. The Morgan fingerprint density at radius 3 is 2.59 bits per heavy atom. The first-order valence-electron chi connectivity index (χ1n) is 7.70. The van der Waals surface area contributed by atoms with Crippen LogP contribution in [0.1, 0.15) is 19.8 Å². The molecule has 0 radical (unpaired) electrons. The van der Waals surface area contributed by atoms with E-state index in [-0.39, 0.29) is 10.9 Å². The van der Waals surface area contributed by atoms with E-state index in [4.69, 9.17) is 9.47 Å². The number of rotatable bonds is 5. The van der Waals surface area contributed by atoms with Crippen molar-refractivity contribution < 1.29 is 17.9 Å². The minimum Gasteiger partial charge on any atom is -0.486 e. The zero-order valence-electron chi connectivity index (χ0n) is 12.7. The fourth-order valence-corrected chi connectivity index (χ4v) is 3.95. The third-order valence-corrected chi connectivity index (χ3v) is 5.58. The van der Waals surface area contributed by atoms with E-state index in [1.165, 1.54) is 18.9 Å². The van der Waals surface area contributed by atoms with Gasteiger partial charge in [0.25, 0.3) is 0 Å². The highest BCUT2D eigenvalue weighted by atomic mass is 32.2. The maximum atomic E-state index is 12.4. The molecular weight excluding hydrogens is 304 g/mol. The SMILES string of the molecule is CC(CNS(=O)(=O)c1ccc2c(c1)OCCO2)N1CCCC1.